The summed E-state index contributed by atoms with van der Waals surface area (Å²) in [6.07, 6.45) is 14.4. The highest BCUT2D eigenvalue weighted by atomic mass is 32.2. The molecule has 240 valence electrons. The SMILES string of the molecule is O=[N+]([O-])c1ccc(S(=O)(=O)N2C[C@@H]2CC2CCCCC2)cc1.O=[N+]([O-])c1ccc(S(=O)(=O)N2C[C@@H]2CC2CCCCC2)cc1. The number of hydrogen-bond acceptors (Lipinski definition) is 8. The minimum Gasteiger partial charge on any atom is -0.258 e. The molecule has 0 aromatic heterocycles. The number of nitro benzene ring substituents is 2. The Morgan fingerprint density at radius 2 is 0.886 bits per heavy atom. The van der Waals surface area contributed by atoms with Gasteiger partial charge in [-0.05, 0) is 48.9 Å². The second-order valence-corrected chi connectivity index (χ2v) is 16.2. The van der Waals surface area contributed by atoms with Crippen LogP contribution in [0.4, 0.5) is 11.4 Å². The molecule has 44 heavy (non-hydrogen) atoms. The molecule has 4 aliphatic rings. The zero-order chi connectivity index (χ0) is 31.5. The van der Waals surface area contributed by atoms with Crippen molar-refractivity contribution in [2.45, 2.75) is 98.9 Å². The van der Waals surface area contributed by atoms with Crippen molar-refractivity contribution < 1.29 is 26.7 Å². The Bertz CT molecular complexity index is 1420. The summed E-state index contributed by atoms with van der Waals surface area (Å²) < 4.78 is 53.0. The molecule has 2 aromatic carbocycles. The highest BCUT2D eigenvalue weighted by Crippen LogP contribution is 2.38. The maximum Gasteiger partial charge on any atom is 0.269 e. The van der Waals surface area contributed by atoms with E-state index < -0.39 is 29.9 Å². The van der Waals surface area contributed by atoms with Gasteiger partial charge in [-0.15, -0.1) is 0 Å². The molecule has 2 aromatic rings. The van der Waals surface area contributed by atoms with Gasteiger partial charge >= 0.3 is 0 Å². The van der Waals surface area contributed by atoms with Crippen LogP contribution in [-0.2, 0) is 20.0 Å². The van der Waals surface area contributed by atoms with Gasteiger partial charge in [-0.2, -0.15) is 8.61 Å². The molecule has 2 saturated heterocycles. The predicted molar refractivity (Wildman–Crippen MR) is 164 cm³/mol. The van der Waals surface area contributed by atoms with Crippen molar-refractivity contribution >= 4 is 31.4 Å². The van der Waals surface area contributed by atoms with Gasteiger partial charge in [-0.25, -0.2) is 16.8 Å². The molecule has 0 bridgehead atoms. The van der Waals surface area contributed by atoms with Crippen molar-refractivity contribution in [3.05, 3.63) is 68.8 Å². The van der Waals surface area contributed by atoms with Gasteiger partial charge in [0.05, 0.1) is 19.6 Å². The summed E-state index contributed by atoms with van der Waals surface area (Å²) in [7, 11) is -6.99. The minimum atomic E-state index is -3.50. The Kier molecular flexibility index (Phi) is 10.0. The van der Waals surface area contributed by atoms with Crippen LogP contribution in [0, 0.1) is 32.1 Å². The van der Waals surface area contributed by atoms with Gasteiger partial charge in [-0.3, -0.25) is 20.2 Å². The van der Waals surface area contributed by atoms with Crippen LogP contribution in [0.5, 0.6) is 0 Å². The average Bonchev–Trinajstić information content (AvgIpc) is 3.96. The van der Waals surface area contributed by atoms with E-state index in [4.69, 9.17) is 0 Å². The zero-order valence-corrected chi connectivity index (χ0v) is 26.3. The van der Waals surface area contributed by atoms with Gasteiger partial charge in [0.1, 0.15) is 0 Å². The summed E-state index contributed by atoms with van der Waals surface area (Å²) in [5.74, 6) is 1.30. The van der Waals surface area contributed by atoms with E-state index in [1.807, 2.05) is 0 Å². The summed E-state index contributed by atoms with van der Waals surface area (Å²) in [6, 6.07) is 10.5. The van der Waals surface area contributed by atoms with E-state index in [1.165, 1.54) is 121 Å². The van der Waals surface area contributed by atoms with Crippen molar-refractivity contribution in [1.29, 1.82) is 0 Å². The van der Waals surface area contributed by atoms with Crippen molar-refractivity contribution in [2.75, 3.05) is 13.1 Å². The molecule has 0 N–H and O–H groups in total. The van der Waals surface area contributed by atoms with Gasteiger partial charge in [-0.1, -0.05) is 64.2 Å². The second-order valence-electron chi connectivity index (χ2n) is 12.4. The summed E-state index contributed by atoms with van der Waals surface area (Å²) >= 11 is 0. The largest absolute Gasteiger partial charge is 0.269 e. The molecule has 2 aliphatic heterocycles. The quantitative estimate of drug-likeness (QED) is 0.175. The van der Waals surface area contributed by atoms with E-state index in [2.05, 4.69) is 0 Å². The smallest absolute Gasteiger partial charge is 0.258 e. The third kappa shape index (κ3) is 7.82. The predicted octanol–water partition coefficient (Wildman–Crippen LogP) is 5.88. The molecule has 12 nitrogen and oxygen atoms in total. The number of nitro groups is 2. The molecular weight excluding hydrogens is 608 g/mol. The van der Waals surface area contributed by atoms with Crippen LogP contribution in [0.1, 0.15) is 77.0 Å². The summed E-state index contributed by atoms with van der Waals surface area (Å²) in [4.78, 5) is 20.5. The van der Waals surface area contributed by atoms with E-state index >= 15 is 0 Å². The molecule has 2 aliphatic carbocycles. The lowest BCUT2D eigenvalue weighted by Crippen LogP contribution is -2.17. The molecule has 2 unspecified atom stereocenters. The Morgan fingerprint density at radius 1 is 0.568 bits per heavy atom. The number of sulfonamides is 2. The first-order valence-corrected chi connectivity index (χ1v) is 18.4. The van der Waals surface area contributed by atoms with Crippen molar-refractivity contribution in [2.24, 2.45) is 11.8 Å². The fourth-order valence-corrected chi connectivity index (χ4v) is 9.86. The Hall–Kier alpha value is -2.94. The third-order valence-corrected chi connectivity index (χ3v) is 13.2. The van der Waals surface area contributed by atoms with E-state index in [9.17, 15) is 37.1 Å². The van der Waals surface area contributed by atoms with Crippen LogP contribution in [0.2, 0.25) is 0 Å². The van der Waals surface area contributed by atoms with Crippen LogP contribution < -0.4 is 0 Å². The highest BCUT2D eigenvalue weighted by molar-refractivity contribution is 7.89. The molecule has 14 heteroatoms. The molecule has 2 heterocycles. The van der Waals surface area contributed by atoms with E-state index in [0.29, 0.717) is 24.9 Å². The maximum atomic E-state index is 12.5. The number of nitrogens with zero attached hydrogens (tertiary/aromatic N) is 4. The molecule has 0 spiro atoms. The Morgan fingerprint density at radius 3 is 1.18 bits per heavy atom. The molecule has 4 atom stereocenters. The van der Waals surface area contributed by atoms with Crippen molar-refractivity contribution in [3.63, 3.8) is 0 Å². The highest BCUT2D eigenvalue weighted by Gasteiger charge is 2.46. The number of non-ortho nitro benzene ring substituents is 2. The van der Waals surface area contributed by atoms with Crippen LogP contribution in [0.15, 0.2) is 58.3 Å². The molecule has 0 amide bonds. The fourth-order valence-electron chi connectivity index (χ4n) is 6.66. The Labute approximate surface area is 258 Å². The lowest BCUT2D eigenvalue weighted by molar-refractivity contribution is -0.385. The van der Waals surface area contributed by atoms with Gasteiger partial charge in [0.2, 0.25) is 20.0 Å². The standard InChI is InChI=1S/2C15H20N2O4S/c2*18-17(19)13-6-8-15(9-7-13)22(20,21)16-11-14(16)10-12-4-2-1-3-5-12/h2*6-9,12,14H,1-5,10-11H2/t2*14-,16?/m00/s1. The summed E-state index contributed by atoms with van der Waals surface area (Å²) in [5.41, 5.74) is -0.188. The van der Waals surface area contributed by atoms with E-state index in [0.717, 1.165) is 12.8 Å². The fraction of sp³-hybridized carbons (Fsp3) is 0.600. The van der Waals surface area contributed by atoms with E-state index in [1.54, 1.807) is 0 Å². The first kappa shape index (κ1) is 32.5. The molecule has 2 saturated carbocycles. The van der Waals surface area contributed by atoms with Gasteiger partial charge < -0.3 is 0 Å². The number of rotatable bonds is 10. The number of benzene rings is 2. The first-order chi connectivity index (χ1) is 21.0. The number of hydrogen-bond donors (Lipinski definition) is 0. The Balaban J connectivity index is 0.000000175. The molecule has 0 radical (unpaired) electrons. The monoisotopic (exact) mass is 648 g/mol. The first-order valence-electron chi connectivity index (χ1n) is 15.5. The van der Waals surface area contributed by atoms with Gasteiger partial charge in [0.15, 0.2) is 0 Å². The van der Waals surface area contributed by atoms with Gasteiger partial charge in [0, 0.05) is 49.4 Å². The second kappa shape index (κ2) is 13.6. The maximum absolute atomic E-state index is 12.5. The summed E-state index contributed by atoms with van der Waals surface area (Å²) in [6.45, 7) is 1.16. The average molecular weight is 649 g/mol. The topological polar surface area (TPSA) is 161 Å². The lowest BCUT2D eigenvalue weighted by atomic mass is 9.86. The van der Waals surface area contributed by atoms with Crippen LogP contribution >= 0.6 is 0 Å². The zero-order valence-electron chi connectivity index (χ0n) is 24.7. The minimum absolute atomic E-state index is 0.0940. The normalized spacial score (nSPS) is 25.8. The van der Waals surface area contributed by atoms with Crippen LogP contribution in [0.3, 0.4) is 0 Å². The third-order valence-electron chi connectivity index (χ3n) is 9.30. The molecule has 6 rings (SSSR count). The van der Waals surface area contributed by atoms with Crippen LogP contribution in [0.25, 0.3) is 0 Å². The molecule has 4 fully saturated rings. The van der Waals surface area contributed by atoms with Crippen molar-refractivity contribution in [1.82, 2.24) is 8.61 Å². The van der Waals surface area contributed by atoms with Crippen molar-refractivity contribution in [3.8, 4) is 0 Å². The summed E-state index contributed by atoms with van der Waals surface area (Å²) in [5, 5.41) is 21.3. The lowest BCUT2D eigenvalue weighted by Gasteiger charge is -2.21. The molecular formula is C30H40N4O8S2. The van der Waals surface area contributed by atoms with E-state index in [-0.39, 0.29) is 33.2 Å². The van der Waals surface area contributed by atoms with Crippen LogP contribution in [-0.4, -0.2) is 60.5 Å². The van der Waals surface area contributed by atoms with Gasteiger partial charge in [0.25, 0.3) is 11.4 Å².